The average molecular weight is 398 g/mol. The summed E-state index contributed by atoms with van der Waals surface area (Å²) in [7, 11) is 0. The van der Waals surface area contributed by atoms with Gasteiger partial charge in [0, 0.05) is 6.04 Å². The second-order valence-electron chi connectivity index (χ2n) is 7.95. The van der Waals surface area contributed by atoms with Crippen LogP contribution in [0.25, 0.3) is 0 Å². The third-order valence-corrected chi connectivity index (χ3v) is 6.43. The Balaban J connectivity index is 1.48. The van der Waals surface area contributed by atoms with Crippen LogP contribution < -0.4 is 0 Å². The van der Waals surface area contributed by atoms with E-state index in [9.17, 15) is 4.79 Å². The molecule has 28 heavy (non-hydrogen) atoms. The summed E-state index contributed by atoms with van der Waals surface area (Å²) in [5.74, 6) is 0.117. The summed E-state index contributed by atoms with van der Waals surface area (Å²) in [6.45, 7) is 0.446. The molecule has 0 bridgehead atoms. The van der Waals surface area contributed by atoms with E-state index in [2.05, 4.69) is 17.0 Å². The molecule has 1 amide bonds. The van der Waals surface area contributed by atoms with E-state index in [0.717, 1.165) is 24.8 Å². The molecule has 1 heterocycles. The molecule has 0 radical (unpaired) electrons. The molecule has 4 rings (SSSR count). The fourth-order valence-electron chi connectivity index (χ4n) is 4.54. The van der Waals surface area contributed by atoms with Gasteiger partial charge >= 0.3 is 0 Å². The number of carbonyl (C=O) groups is 1. The van der Waals surface area contributed by atoms with Gasteiger partial charge in [-0.15, -0.1) is 11.6 Å². The van der Waals surface area contributed by atoms with Crippen molar-refractivity contribution in [2.45, 2.75) is 68.7 Å². The summed E-state index contributed by atoms with van der Waals surface area (Å²) < 4.78 is 6.09. The summed E-state index contributed by atoms with van der Waals surface area (Å²) in [5.41, 5.74) is 2.28. The van der Waals surface area contributed by atoms with Gasteiger partial charge in [-0.3, -0.25) is 4.79 Å². The fourth-order valence-corrected chi connectivity index (χ4v) is 4.97. The lowest BCUT2D eigenvalue weighted by Crippen LogP contribution is -2.71. The summed E-state index contributed by atoms with van der Waals surface area (Å²) >= 11 is 6.90. The normalized spacial score (nSPS) is 24.0. The van der Waals surface area contributed by atoms with Crippen LogP contribution in [0.4, 0.5) is 0 Å². The molecule has 2 aliphatic rings. The van der Waals surface area contributed by atoms with Gasteiger partial charge in [0.05, 0.1) is 18.0 Å². The van der Waals surface area contributed by atoms with Gasteiger partial charge in [-0.05, 0) is 30.4 Å². The van der Waals surface area contributed by atoms with Gasteiger partial charge in [0.25, 0.3) is 5.91 Å². The molecule has 1 aliphatic heterocycles. The molecule has 3 nitrogen and oxygen atoms in total. The summed E-state index contributed by atoms with van der Waals surface area (Å²) in [6.07, 6.45) is 6.14. The first kappa shape index (κ1) is 19.5. The van der Waals surface area contributed by atoms with Crippen molar-refractivity contribution in [3.63, 3.8) is 0 Å². The Kier molecular flexibility index (Phi) is 6.33. The van der Waals surface area contributed by atoms with Crippen molar-refractivity contribution in [2.75, 3.05) is 0 Å². The monoisotopic (exact) mass is 397 g/mol. The van der Waals surface area contributed by atoms with Crippen LogP contribution in [-0.2, 0) is 22.6 Å². The van der Waals surface area contributed by atoms with Crippen molar-refractivity contribution in [3.05, 3.63) is 71.8 Å². The standard InChI is InChI=1S/C24H28ClNO2/c25-21(16-18-10-4-1-5-11-18)22-23(28-17-19-12-6-2-7-13-19)24(27)26(22)20-14-8-3-9-15-20/h1-2,4-7,10-13,20-23H,3,8-9,14-17H2/t21-,22+,23-/m0/s1. The molecule has 148 valence electrons. The van der Waals surface area contributed by atoms with Crippen molar-refractivity contribution >= 4 is 17.5 Å². The highest BCUT2D eigenvalue weighted by atomic mass is 35.5. The van der Waals surface area contributed by atoms with Crippen LogP contribution in [0.1, 0.15) is 43.2 Å². The lowest BCUT2D eigenvalue weighted by Gasteiger charge is -2.53. The number of amides is 1. The van der Waals surface area contributed by atoms with Crippen LogP contribution >= 0.6 is 11.6 Å². The molecule has 0 spiro atoms. The zero-order chi connectivity index (χ0) is 19.3. The first-order valence-corrected chi connectivity index (χ1v) is 10.8. The number of halogens is 1. The number of carbonyl (C=O) groups excluding carboxylic acids is 1. The molecule has 0 unspecified atom stereocenters. The van der Waals surface area contributed by atoms with Crippen LogP contribution in [-0.4, -0.2) is 34.4 Å². The topological polar surface area (TPSA) is 29.5 Å². The maximum Gasteiger partial charge on any atom is 0.254 e. The second kappa shape index (κ2) is 9.11. The quantitative estimate of drug-likeness (QED) is 0.488. The molecule has 0 N–H and O–H groups in total. The summed E-state index contributed by atoms with van der Waals surface area (Å²) in [4.78, 5) is 15.0. The average Bonchev–Trinajstić information content (AvgIpc) is 2.74. The van der Waals surface area contributed by atoms with Crippen molar-refractivity contribution in [3.8, 4) is 0 Å². The number of β-lactam (4-membered cyclic amide) rings is 1. The van der Waals surface area contributed by atoms with Crippen LogP contribution in [0.15, 0.2) is 60.7 Å². The maximum absolute atomic E-state index is 13.0. The van der Waals surface area contributed by atoms with E-state index in [4.69, 9.17) is 16.3 Å². The maximum atomic E-state index is 13.0. The fraction of sp³-hybridized carbons (Fsp3) is 0.458. The minimum Gasteiger partial charge on any atom is -0.361 e. The van der Waals surface area contributed by atoms with Gasteiger partial charge in [0.1, 0.15) is 0 Å². The SMILES string of the molecule is O=C1[C@@H](OCc2ccccc2)[C@@H]([C@@H](Cl)Cc2ccccc2)N1C1CCCCC1. The Morgan fingerprint density at radius 2 is 1.54 bits per heavy atom. The number of likely N-dealkylation sites (tertiary alicyclic amines) is 1. The highest BCUT2D eigenvalue weighted by Crippen LogP contribution is 2.37. The minimum absolute atomic E-state index is 0.0545. The molecule has 2 aromatic rings. The molecule has 4 heteroatoms. The molecular formula is C24H28ClNO2. The van der Waals surface area contributed by atoms with E-state index in [-0.39, 0.29) is 17.3 Å². The molecule has 0 aromatic heterocycles. The van der Waals surface area contributed by atoms with Gasteiger partial charge in [0.15, 0.2) is 6.10 Å². The number of nitrogens with zero attached hydrogens (tertiary/aromatic N) is 1. The van der Waals surface area contributed by atoms with E-state index in [0.29, 0.717) is 12.6 Å². The first-order valence-electron chi connectivity index (χ1n) is 10.4. The molecule has 2 aromatic carbocycles. The number of hydrogen-bond acceptors (Lipinski definition) is 2. The number of alkyl halides is 1. The van der Waals surface area contributed by atoms with E-state index in [1.54, 1.807) is 0 Å². The van der Waals surface area contributed by atoms with Crippen molar-refractivity contribution < 1.29 is 9.53 Å². The first-order chi connectivity index (χ1) is 13.7. The second-order valence-corrected chi connectivity index (χ2v) is 8.51. The largest absolute Gasteiger partial charge is 0.361 e. The third kappa shape index (κ3) is 4.26. The van der Waals surface area contributed by atoms with Crippen LogP contribution in [0.2, 0.25) is 0 Å². The molecule has 1 aliphatic carbocycles. The number of hydrogen-bond donors (Lipinski definition) is 0. The van der Waals surface area contributed by atoms with E-state index < -0.39 is 6.10 Å². The predicted octanol–water partition coefficient (Wildman–Crippen LogP) is 4.97. The van der Waals surface area contributed by atoms with Gasteiger partial charge in [-0.1, -0.05) is 79.9 Å². The van der Waals surface area contributed by atoms with Crippen LogP contribution in [0, 0.1) is 0 Å². The zero-order valence-corrected chi connectivity index (χ0v) is 16.9. The van der Waals surface area contributed by atoms with Crippen LogP contribution in [0.3, 0.4) is 0 Å². The molecule has 1 saturated heterocycles. The Morgan fingerprint density at radius 3 is 2.18 bits per heavy atom. The Labute approximate surface area is 172 Å². The Hall–Kier alpha value is -1.84. The lowest BCUT2D eigenvalue weighted by molar-refractivity contribution is -0.182. The molecule has 1 saturated carbocycles. The molecule has 2 fully saturated rings. The Bertz CT molecular complexity index is 761. The van der Waals surface area contributed by atoms with E-state index in [1.165, 1.54) is 24.8 Å². The summed E-state index contributed by atoms with van der Waals surface area (Å²) in [6, 6.07) is 20.6. The van der Waals surface area contributed by atoms with E-state index >= 15 is 0 Å². The van der Waals surface area contributed by atoms with Crippen LogP contribution in [0.5, 0.6) is 0 Å². The van der Waals surface area contributed by atoms with Gasteiger partial charge in [0.2, 0.25) is 0 Å². The lowest BCUT2D eigenvalue weighted by atomic mass is 9.84. The van der Waals surface area contributed by atoms with Crippen molar-refractivity contribution in [1.29, 1.82) is 0 Å². The minimum atomic E-state index is -0.437. The zero-order valence-electron chi connectivity index (χ0n) is 16.2. The van der Waals surface area contributed by atoms with Gasteiger partial charge in [-0.2, -0.15) is 0 Å². The smallest absolute Gasteiger partial charge is 0.254 e. The highest BCUT2D eigenvalue weighted by molar-refractivity contribution is 6.22. The van der Waals surface area contributed by atoms with Crippen molar-refractivity contribution in [1.82, 2.24) is 4.90 Å². The highest BCUT2D eigenvalue weighted by Gasteiger charge is 2.53. The molecular weight excluding hydrogens is 370 g/mol. The number of rotatable bonds is 7. The predicted molar refractivity (Wildman–Crippen MR) is 112 cm³/mol. The Morgan fingerprint density at radius 1 is 0.929 bits per heavy atom. The number of benzene rings is 2. The van der Waals surface area contributed by atoms with Crippen molar-refractivity contribution in [2.24, 2.45) is 0 Å². The summed E-state index contributed by atoms with van der Waals surface area (Å²) in [5, 5.41) is -0.150. The number of ether oxygens (including phenoxy) is 1. The van der Waals surface area contributed by atoms with Gasteiger partial charge in [-0.25, -0.2) is 0 Å². The third-order valence-electron chi connectivity index (χ3n) is 6.01. The van der Waals surface area contributed by atoms with E-state index in [1.807, 2.05) is 48.5 Å². The molecule has 3 atom stereocenters. The van der Waals surface area contributed by atoms with Gasteiger partial charge < -0.3 is 9.64 Å².